The van der Waals surface area contributed by atoms with Gasteiger partial charge in [0.15, 0.2) is 0 Å². The van der Waals surface area contributed by atoms with Crippen LogP contribution in [0.2, 0.25) is 0 Å². The molecule has 0 spiro atoms. The number of hydrogen-bond donors (Lipinski definition) is 1. The number of esters is 2. The molecule has 0 heterocycles. The van der Waals surface area contributed by atoms with Crippen LogP contribution >= 0.6 is 0 Å². The molecular weight excluding hydrogens is 671 g/mol. The third-order valence-electron chi connectivity index (χ3n) is 10.7. The number of allylic oxidation sites excluding steroid dienone is 2. The molecule has 0 aliphatic heterocycles. The van der Waals surface area contributed by atoms with Gasteiger partial charge in [0.2, 0.25) is 0 Å². The topological polar surface area (TPSA) is 76.1 Å². The van der Waals surface area contributed by atoms with Crippen LogP contribution < -0.4 is 0 Å². The Labute approximate surface area is 336 Å². The molecule has 6 heteroatoms. The van der Waals surface area contributed by atoms with E-state index in [1.165, 1.54) is 140 Å². The summed E-state index contributed by atoms with van der Waals surface area (Å²) < 4.78 is 11.3. The summed E-state index contributed by atoms with van der Waals surface area (Å²) in [4.78, 5) is 27.8. The molecule has 0 radical (unpaired) electrons. The highest BCUT2D eigenvalue weighted by molar-refractivity contribution is 5.83. The number of carbonyl (C=O) groups is 2. The molecule has 0 unspecified atom stereocenters. The van der Waals surface area contributed by atoms with Gasteiger partial charge in [0.05, 0.1) is 13.2 Å². The van der Waals surface area contributed by atoms with Crippen molar-refractivity contribution in [1.82, 2.24) is 4.90 Å². The fraction of sp³-hybridized carbons (Fsp3) is 0.875. The van der Waals surface area contributed by atoms with Crippen molar-refractivity contribution in [3.63, 3.8) is 0 Å². The van der Waals surface area contributed by atoms with Crippen LogP contribution in [0, 0.1) is 0 Å². The first kappa shape index (κ1) is 52.3. The van der Waals surface area contributed by atoms with Crippen molar-refractivity contribution in [2.24, 2.45) is 0 Å². The normalized spacial score (nSPS) is 12.2. The van der Waals surface area contributed by atoms with Crippen molar-refractivity contribution in [1.29, 1.82) is 0 Å². The molecule has 0 aromatic rings. The maximum atomic E-state index is 12.7. The van der Waals surface area contributed by atoms with E-state index in [1.807, 2.05) is 12.2 Å². The molecule has 0 aromatic heterocycles. The lowest BCUT2D eigenvalue weighted by molar-refractivity contribution is -0.138. The summed E-state index contributed by atoms with van der Waals surface area (Å²) in [7, 11) is 0. The standard InChI is InChI=1S/C48H91NO5/c1-5-9-13-17-19-25-35-45(33-23-15-11-7-3)43-47(51)53-41-31-21-27-37-49(39-29-30-40-50)38-28-22-32-42-54-48(52)44-46(34-24-16-12-8-4)36-26-20-18-14-10-6-2/h43-44,50H,5-42H2,1-4H3/b45-43+,46-44+. The highest BCUT2D eigenvalue weighted by Gasteiger charge is 2.09. The first-order valence-corrected chi connectivity index (χ1v) is 23.6. The van der Waals surface area contributed by atoms with Gasteiger partial charge in [-0.2, -0.15) is 0 Å². The average Bonchev–Trinajstić information content (AvgIpc) is 3.16. The molecule has 0 saturated carbocycles. The van der Waals surface area contributed by atoms with Crippen LogP contribution in [-0.4, -0.2) is 61.4 Å². The summed E-state index contributed by atoms with van der Waals surface area (Å²) in [6.07, 6.45) is 40.7. The van der Waals surface area contributed by atoms with E-state index in [0.29, 0.717) is 13.2 Å². The number of aliphatic hydroxyl groups is 1. The first-order chi connectivity index (χ1) is 26.5. The minimum Gasteiger partial charge on any atom is -0.463 e. The molecule has 0 saturated heterocycles. The van der Waals surface area contributed by atoms with Crippen LogP contribution in [0.5, 0.6) is 0 Å². The number of aliphatic hydroxyl groups excluding tert-OH is 1. The summed E-state index contributed by atoms with van der Waals surface area (Å²) >= 11 is 0. The summed E-state index contributed by atoms with van der Waals surface area (Å²) in [6, 6.07) is 0. The average molecular weight is 762 g/mol. The first-order valence-electron chi connectivity index (χ1n) is 23.6. The van der Waals surface area contributed by atoms with Crippen molar-refractivity contribution in [3.05, 3.63) is 23.3 Å². The predicted molar refractivity (Wildman–Crippen MR) is 232 cm³/mol. The van der Waals surface area contributed by atoms with Gasteiger partial charge in [-0.25, -0.2) is 9.59 Å². The van der Waals surface area contributed by atoms with Gasteiger partial charge in [-0.05, 0) is 122 Å². The van der Waals surface area contributed by atoms with Crippen molar-refractivity contribution in [2.45, 2.75) is 233 Å². The van der Waals surface area contributed by atoms with E-state index in [2.05, 4.69) is 32.6 Å². The zero-order valence-electron chi connectivity index (χ0n) is 36.6. The molecule has 0 aliphatic carbocycles. The Morgan fingerprint density at radius 1 is 0.407 bits per heavy atom. The van der Waals surface area contributed by atoms with Gasteiger partial charge >= 0.3 is 11.9 Å². The second-order valence-corrected chi connectivity index (χ2v) is 16.0. The minimum absolute atomic E-state index is 0.158. The number of rotatable bonds is 42. The largest absolute Gasteiger partial charge is 0.463 e. The van der Waals surface area contributed by atoms with Crippen LogP contribution in [0.1, 0.15) is 233 Å². The van der Waals surface area contributed by atoms with Gasteiger partial charge in [-0.15, -0.1) is 0 Å². The molecule has 318 valence electrons. The van der Waals surface area contributed by atoms with E-state index in [-0.39, 0.29) is 18.5 Å². The molecule has 0 rings (SSSR count). The Morgan fingerprint density at radius 3 is 1.06 bits per heavy atom. The van der Waals surface area contributed by atoms with Gasteiger partial charge in [0.25, 0.3) is 0 Å². The quantitative estimate of drug-likeness (QED) is 0.0379. The molecule has 6 nitrogen and oxygen atoms in total. The maximum absolute atomic E-state index is 12.7. The van der Waals surface area contributed by atoms with Crippen molar-refractivity contribution in [3.8, 4) is 0 Å². The summed E-state index contributed by atoms with van der Waals surface area (Å²) in [5.41, 5.74) is 2.56. The Balaban J connectivity index is 4.52. The smallest absolute Gasteiger partial charge is 0.330 e. The molecular formula is C48H91NO5. The van der Waals surface area contributed by atoms with Gasteiger partial charge < -0.3 is 19.5 Å². The Hall–Kier alpha value is -1.66. The molecule has 0 bridgehead atoms. The van der Waals surface area contributed by atoms with Gasteiger partial charge in [-0.3, -0.25) is 0 Å². The summed E-state index contributed by atoms with van der Waals surface area (Å²) in [5.74, 6) is -0.315. The molecule has 0 aliphatic rings. The lowest BCUT2D eigenvalue weighted by Crippen LogP contribution is -2.27. The van der Waals surface area contributed by atoms with Gasteiger partial charge in [0, 0.05) is 18.8 Å². The third-order valence-corrected chi connectivity index (χ3v) is 10.7. The highest BCUT2D eigenvalue weighted by atomic mass is 16.5. The molecule has 54 heavy (non-hydrogen) atoms. The predicted octanol–water partition coefficient (Wildman–Crippen LogP) is 13.8. The van der Waals surface area contributed by atoms with E-state index in [0.717, 1.165) is 96.7 Å². The Morgan fingerprint density at radius 2 is 0.704 bits per heavy atom. The lowest BCUT2D eigenvalue weighted by Gasteiger charge is -2.22. The van der Waals surface area contributed by atoms with E-state index >= 15 is 0 Å². The van der Waals surface area contributed by atoms with E-state index in [4.69, 9.17) is 9.47 Å². The van der Waals surface area contributed by atoms with E-state index < -0.39 is 0 Å². The third kappa shape index (κ3) is 37.3. The molecule has 0 fully saturated rings. The number of nitrogens with zero attached hydrogens (tertiary/aromatic N) is 1. The number of carbonyl (C=O) groups excluding carboxylic acids is 2. The fourth-order valence-corrected chi connectivity index (χ4v) is 7.13. The minimum atomic E-state index is -0.158. The molecule has 0 aromatic carbocycles. The van der Waals surface area contributed by atoms with E-state index in [1.54, 1.807) is 0 Å². The van der Waals surface area contributed by atoms with Crippen molar-refractivity contribution < 1.29 is 24.2 Å². The number of ether oxygens (including phenoxy) is 2. The van der Waals surface area contributed by atoms with Crippen molar-refractivity contribution >= 4 is 11.9 Å². The second kappa shape index (κ2) is 42.5. The highest BCUT2D eigenvalue weighted by Crippen LogP contribution is 2.20. The fourth-order valence-electron chi connectivity index (χ4n) is 7.13. The van der Waals surface area contributed by atoms with Crippen LogP contribution in [0.25, 0.3) is 0 Å². The number of hydrogen-bond acceptors (Lipinski definition) is 6. The molecule has 0 atom stereocenters. The van der Waals surface area contributed by atoms with Crippen LogP contribution in [0.4, 0.5) is 0 Å². The van der Waals surface area contributed by atoms with Crippen LogP contribution in [0.3, 0.4) is 0 Å². The molecule has 0 amide bonds. The lowest BCUT2D eigenvalue weighted by atomic mass is 9.99. The van der Waals surface area contributed by atoms with E-state index in [9.17, 15) is 14.7 Å². The van der Waals surface area contributed by atoms with Crippen molar-refractivity contribution in [2.75, 3.05) is 39.5 Å². The summed E-state index contributed by atoms with van der Waals surface area (Å²) in [5, 5.41) is 9.31. The SMILES string of the molecule is CCCCCCCC/C(=C/C(=O)OCCCCCN(CCCCO)CCCCCOC(=O)/C=C(\CCCCCC)CCCCCCCC)CCCCCC. The zero-order valence-corrected chi connectivity index (χ0v) is 36.6. The Bertz CT molecular complexity index is 818. The molecule has 1 N–H and O–H groups in total. The van der Waals surface area contributed by atoms with Gasteiger partial charge in [-0.1, -0.05) is 142 Å². The number of unbranched alkanes of at least 4 members (excludes halogenated alkanes) is 21. The van der Waals surface area contributed by atoms with Crippen LogP contribution in [0.15, 0.2) is 23.3 Å². The maximum Gasteiger partial charge on any atom is 0.330 e. The Kier molecular flexibility index (Phi) is 41.2. The monoisotopic (exact) mass is 762 g/mol. The zero-order chi connectivity index (χ0) is 39.6. The van der Waals surface area contributed by atoms with Crippen LogP contribution in [-0.2, 0) is 19.1 Å². The summed E-state index contributed by atoms with van der Waals surface area (Å²) in [6.45, 7) is 13.3. The van der Waals surface area contributed by atoms with Gasteiger partial charge in [0.1, 0.15) is 0 Å². The second-order valence-electron chi connectivity index (χ2n) is 16.0.